The van der Waals surface area contributed by atoms with Gasteiger partial charge in [-0.1, -0.05) is 82.3 Å². The number of hydrogen-bond donors (Lipinski definition) is 2. The van der Waals surface area contributed by atoms with Crippen LogP contribution >= 0.6 is 11.6 Å². The summed E-state index contributed by atoms with van der Waals surface area (Å²) in [6.07, 6.45) is 8.03. The minimum Gasteiger partial charge on any atom is -0.497 e. The molecule has 4 aromatic carbocycles. The van der Waals surface area contributed by atoms with Gasteiger partial charge in [0.2, 0.25) is 0 Å². The number of rotatable bonds is 21. The number of unbranched alkanes of at least 4 members (excludes halogenated alkanes) is 4. The van der Waals surface area contributed by atoms with Crippen LogP contribution in [0.15, 0.2) is 95.9 Å². The Hall–Kier alpha value is -5.73. The summed E-state index contributed by atoms with van der Waals surface area (Å²) < 4.78 is 39.6. The van der Waals surface area contributed by atoms with Crippen molar-refractivity contribution in [2.75, 3.05) is 17.7 Å². The third-order valence-corrected chi connectivity index (χ3v) is 13.0. The van der Waals surface area contributed by atoms with E-state index in [2.05, 4.69) is 30.5 Å². The molecule has 62 heavy (non-hydrogen) atoms. The largest absolute Gasteiger partial charge is 0.497 e. The molecule has 0 aliphatic carbocycles. The predicted octanol–water partition coefficient (Wildman–Crippen LogP) is 9.23. The molecule has 0 aromatic heterocycles. The summed E-state index contributed by atoms with van der Waals surface area (Å²) in [6.45, 7) is 8.61. The zero-order valence-corrected chi connectivity index (χ0v) is 37.6. The fourth-order valence-corrected chi connectivity index (χ4v) is 9.14. The van der Waals surface area contributed by atoms with Crippen molar-refractivity contribution in [1.82, 2.24) is 9.21 Å². The van der Waals surface area contributed by atoms with E-state index < -0.39 is 57.2 Å². The van der Waals surface area contributed by atoms with Gasteiger partial charge >= 0.3 is 6.03 Å². The minimum absolute atomic E-state index is 0.00222. The highest BCUT2D eigenvalue weighted by Gasteiger charge is 2.61. The Balaban J connectivity index is 1.42. The van der Waals surface area contributed by atoms with Gasteiger partial charge in [0.15, 0.2) is 17.9 Å². The molecule has 2 N–H and O–H groups in total. The van der Waals surface area contributed by atoms with E-state index in [1.165, 1.54) is 98.8 Å². The summed E-state index contributed by atoms with van der Waals surface area (Å²) in [5.41, 5.74) is 0.535. The molecule has 1 aliphatic heterocycles. The van der Waals surface area contributed by atoms with Crippen molar-refractivity contribution in [3.8, 4) is 11.5 Å². The number of methoxy groups -OCH3 is 1. The summed E-state index contributed by atoms with van der Waals surface area (Å²) in [5.74, 6) is -2.77. The van der Waals surface area contributed by atoms with Crippen LogP contribution in [0.4, 0.5) is 16.2 Å². The first-order valence-electron chi connectivity index (χ1n) is 20.9. The molecular formula is C47H55ClN4O9S. The second-order valence-electron chi connectivity index (χ2n) is 15.6. The fourth-order valence-electron chi connectivity index (χ4n) is 7.29. The van der Waals surface area contributed by atoms with Gasteiger partial charge in [-0.25, -0.2) is 22.4 Å². The zero-order valence-electron chi connectivity index (χ0n) is 36.0. The van der Waals surface area contributed by atoms with Crippen LogP contribution in [-0.2, 0) is 37.2 Å². The summed E-state index contributed by atoms with van der Waals surface area (Å²) in [4.78, 5) is 70.8. The number of halogens is 1. The normalized spacial score (nSPS) is 14.6. The van der Waals surface area contributed by atoms with E-state index >= 15 is 0 Å². The third kappa shape index (κ3) is 10.6. The van der Waals surface area contributed by atoms with Gasteiger partial charge in [-0.15, -0.1) is 0 Å². The Morgan fingerprint density at radius 1 is 0.758 bits per heavy atom. The molecule has 1 saturated heterocycles. The smallest absolute Gasteiger partial charge is 0.342 e. The second-order valence-corrected chi connectivity index (χ2v) is 17.8. The number of benzene rings is 4. The number of amides is 5. The van der Waals surface area contributed by atoms with Crippen molar-refractivity contribution in [1.29, 1.82) is 0 Å². The lowest BCUT2D eigenvalue weighted by Gasteiger charge is -2.26. The average Bonchev–Trinajstić information content (AvgIpc) is 3.44. The van der Waals surface area contributed by atoms with Crippen molar-refractivity contribution in [3.05, 3.63) is 113 Å². The molecule has 0 spiro atoms. The van der Waals surface area contributed by atoms with Gasteiger partial charge in [0, 0.05) is 11.3 Å². The lowest BCUT2D eigenvalue weighted by atomic mass is 9.97. The molecule has 13 nitrogen and oxygen atoms in total. The monoisotopic (exact) mass is 886 g/mol. The van der Waals surface area contributed by atoms with Crippen molar-refractivity contribution in [3.63, 3.8) is 0 Å². The molecule has 4 aromatic rings. The number of ether oxygens (including phenoxy) is 2. The van der Waals surface area contributed by atoms with Gasteiger partial charge in [-0.05, 0) is 124 Å². The molecular weight excluding hydrogens is 832 g/mol. The SMILES string of the molecule is CCCCCc1ccc(OC(CC)C(=O)Nc2ccc(Cl)c(NC(=O)C(C(=O)c3ccc(OC)cc3)N3C(=O)N(S(=O)(=O)c4ccccc4)C(C)(C)C3=O)c2)cc1CCCCC. The number of hydrogen-bond acceptors (Lipinski definition) is 9. The molecule has 2 atom stereocenters. The van der Waals surface area contributed by atoms with Crippen LogP contribution < -0.4 is 20.1 Å². The van der Waals surface area contributed by atoms with Gasteiger partial charge < -0.3 is 20.1 Å². The summed E-state index contributed by atoms with van der Waals surface area (Å²) in [7, 11) is -3.23. The van der Waals surface area contributed by atoms with E-state index in [-0.39, 0.29) is 26.9 Å². The third-order valence-electron chi connectivity index (χ3n) is 10.8. The number of anilines is 2. The Labute approximate surface area is 369 Å². The Kier molecular flexibility index (Phi) is 15.9. The highest BCUT2D eigenvalue weighted by molar-refractivity contribution is 7.89. The first kappa shape index (κ1) is 47.3. The van der Waals surface area contributed by atoms with Crippen LogP contribution in [-0.4, -0.2) is 72.0 Å². The topological polar surface area (TPSA) is 168 Å². The quantitative estimate of drug-likeness (QED) is 0.0359. The molecule has 2 unspecified atom stereocenters. The van der Waals surface area contributed by atoms with E-state index in [0.717, 1.165) is 51.4 Å². The maximum absolute atomic E-state index is 14.4. The lowest BCUT2D eigenvalue weighted by molar-refractivity contribution is -0.135. The van der Waals surface area contributed by atoms with Gasteiger partial charge in [0.25, 0.3) is 27.7 Å². The van der Waals surface area contributed by atoms with E-state index in [1.807, 2.05) is 19.1 Å². The van der Waals surface area contributed by atoms with Crippen molar-refractivity contribution in [2.45, 2.75) is 115 Å². The van der Waals surface area contributed by atoms with Gasteiger partial charge in [-0.2, -0.15) is 0 Å². The molecule has 1 fully saturated rings. The Bertz CT molecular complexity index is 2370. The van der Waals surface area contributed by atoms with E-state index in [9.17, 15) is 32.4 Å². The molecule has 0 bridgehead atoms. The number of aryl methyl sites for hydroxylation is 2. The number of carbonyl (C=O) groups is 5. The second kappa shape index (κ2) is 20.9. The summed E-state index contributed by atoms with van der Waals surface area (Å²) >= 11 is 6.55. The molecule has 1 aliphatic rings. The number of sulfonamides is 1. The number of Topliss-reactive ketones (excluding diaryl/α,β-unsaturated/α-hetero) is 1. The maximum atomic E-state index is 14.4. The fraction of sp³-hybridized carbons (Fsp3) is 0.383. The zero-order chi connectivity index (χ0) is 45.2. The molecule has 330 valence electrons. The molecule has 5 amide bonds. The Morgan fingerprint density at radius 3 is 2.00 bits per heavy atom. The molecule has 15 heteroatoms. The van der Waals surface area contributed by atoms with E-state index in [1.54, 1.807) is 6.07 Å². The summed E-state index contributed by atoms with van der Waals surface area (Å²) in [5, 5.41) is 5.36. The number of imide groups is 1. The molecule has 0 saturated carbocycles. The van der Waals surface area contributed by atoms with Crippen molar-refractivity contribution < 1.29 is 41.9 Å². The van der Waals surface area contributed by atoms with Crippen LogP contribution in [0.2, 0.25) is 5.02 Å². The average molecular weight is 887 g/mol. The van der Waals surface area contributed by atoms with Crippen molar-refractivity contribution >= 4 is 62.5 Å². The number of nitrogens with one attached hydrogen (secondary N) is 2. The van der Waals surface area contributed by atoms with Gasteiger partial charge in [0.05, 0.1) is 22.7 Å². The summed E-state index contributed by atoms with van der Waals surface area (Å²) in [6, 6.07) is 19.3. The standard InChI is InChI=1S/C47H55ClN4O9S/c1-7-10-13-17-31-21-27-36(29-33(31)18-14-11-8-2)61-40(9-3)43(54)49-34-24-28-38(48)39(30-34)50-44(55)41(42(53)32-22-25-35(60-6)26-23-32)51-45(56)47(4,5)52(46(51)57)62(58,59)37-19-15-12-16-20-37/h12,15-16,19-30,40-41H,7-11,13-14,17-18H2,1-6H3,(H,49,54)(H,50,55). The Morgan fingerprint density at radius 2 is 1.39 bits per heavy atom. The number of ketones is 1. The van der Waals surface area contributed by atoms with Crippen LogP contribution in [0.3, 0.4) is 0 Å². The lowest BCUT2D eigenvalue weighted by Crippen LogP contribution is -2.53. The maximum Gasteiger partial charge on any atom is 0.342 e. The highest BCUT2D eigenvalue weighted by atomic mass is 35.5. The number of carbonyl (C=O) groups excluding carboxylic acids is 5. The van der Waals surface area contributed by atoms with Crippen LogP contribution in [0.1, 0.15) is 101 Å². The number of nitrogens with zero attached hydrogens (tertiary/aromatic N) is 2. The van der Waals surface area contributed by atoms with Gasteiger partial charge in [0.1, 0.15) is 17.0 Å². The first-order chi connectivity index (χ1) is 29.6. The van der Waals surface area contributed by atoms with Crippen LogP contribution in [0.25, 0.3) is 0 Å². The predicted molar refractivity (Wildman–Crippen MR) is 239 cm³/mol. The van der Waals surface area contributed by atoms with Crippen molar-refractivity contribution in [2.24, 2.45) is 0 Å². The van der Waals surface area contributed by atoms with Gasteiger partial charge in [-0.3, -0.25) is 19.2 Å². The number of urea groups is 1. The minimum atomic E-state index is -4.66. The first-order valence-corrected chi connectivity index (χ1v) is 22.8. The van der Waals surface area contributed by atoms with Crippen LogP contribution in [0.5, 0.6) is 11.5 Å². The molecule has 5 rings (SSSR count). The molecule has 1 heterocycles. The van der Waals surface area contributed by atoms with E-state index in [0.29, 0.717) is 27.1 Å². The van der Waals surface area contributed by atoms with Crippen LogP contribution in [0, 0.1) is 0 Å². The molecule has 0 radical (unpaired) electrons. The highest BCUT2D eigenvalue weighted by Crippen LogP contribution is 2.36. The van der Waals surface area contributed by atoms with E-state index in [4.69, 9.17) is 21.1 Å².